The average Bonchev–Trinajstić information content (AvgIpc) is 3.51. The van der Waals surface area contributed by atoms with Gasteiger partial charge in [0, 0.05) is 49.3 Å². The van der Waals surface area contributed by atoms with E-state index in [1.807, 2.05) is 11.8 Å². The van der Waals surface area contributed by atoms with Crippen molar-refractivity contribution in [2.75, 3.05) is 18.0 Å². The molecule has 1 fully saturated rings. The second-order valence-corrected chi connectivity index (χ2v) is 8.92. The van der Waals surface area contributed by atoms with Gasteiger partial charge in [0.15, 0.2) is 0 Å². The predicted molar refractivity (Wildman–Crippen MR) is 125 cm³/mol. The van der Waals surface area contributed by atoms with Crippen molar-refractivity contribution in [3.63, 3.8) is 0 Å². The smallest absolute Gasteiger partial charge is 0.261 e. The Hall–Kier alpha value is -3.95. The Morgan fingerprint density at radius 2 is 2.03 bits per heavy atom. The second kappa shape index (κ2) is 8.37. The number of pyridine rings is 1. The molecule has 0 amide bonds. The summed E-state index contributed by atoms with van der Waals surface area (Å²) in [4.78, 5) is 33.0. The fraction of sp³-hybridized carbons (Fsp3) is 0.320. The highest BCUT2D eigenvalue weighted by molar-refractivity contribution is 5.93. The number of benzene rings is 1. The van der Waals surface area contributed by atoms with Gasteiger partial charge in [-0.25, -0.2) is 28.7 Å². The van der Waals surface area contributed by atoms with Gasteiger partial charge < -0.3 is 9.64 Å². The van der Waals surface area contributed by atoms with Crippen LogP contribution in [0.1, 0.15) is 24.2 Å². The molecule has 8 nitrogen and oxygen atoms in total. The number of fused-ring (bicyclic) bond motifs is 2. The van der Waals surface area contributed by atoms with E-state index in [-0.39, 0.29) is 22.9 Å². The molecule has 0 aliphatic carbocycles. The minimum atomic E-state index is -0.750. The molecular formula is C25H22F2N6O2. The molecule has 0 N–H and O–H groups in total. The summed E-state index contributed by atoms with van der Waals surface area (Å²) in [6, 6.07) is 5.07. The van der Waals surface area contributed by atoms with Crippen LogP contribution in [0.3, 0.4) is 0 Å². The molecule has 1 saturated heterocycles. The van der Waals surface area contributed by atoms with Crippen LogP contribution < -0.4 is 15.2 Å². The van der Waals surface area contributed by atoms with Gasteiger partial charge in [-0.05, 0) is 31.5 Å². The summed E-state index contributed by atoms with van der Waals surface area (Å²) in [7, 11) is 0. The number of anilines is 1. The van der Waals surface area contributed by atoms with Crippen LogP contribution in [0.15, 0.2) is 41.6 Å². The van der Waals surface area contributed by atoms with E-state index >= 15 is 0 Å². The molecule has 0 spiro atoms. The van der Waals surface area contributed by atoms with Gasteiger partial charge in [-0.2, -0.15) is 0 Å². The lowest BCUT2D eigenvalue weighted by Gasteiger charge is -2.20. The number of nitrogens with zero attached hydrogens (tertiary/aromatic N) is 6. The maximum absolute atomic E-state index is 14.9. The largest absolute Gasteiger partial charge is 0.472 e. The lowest BCUT2D eigenvalue weighted by molar-refractivity contribution is 0.213. The zero-order valence-electron chi connectivity index (χ0n) is 19.0. The molecule has 0 radical (unpaired) electrons. The number of rotatable bonds is 4. The highest BCUT2D eigenvalue weighted by Gasteiger charge is 2.28. The predicted octanol–water partition coefficient (Wildman–Crippen LogP) is 3.44. The number of hydrogen-bond acceptors (Lipinski definition) is 7. The standard InChI is InChI=1S/C25H22F2N6O2/c1-14-11-28-13-29-24(14)35-16-6-8-32(12-16)21-10-18-23(30-20-3-2-7-33(20)25(18)34)22(31-21)17-5-4-15(26)9-19(17)27/h4-5,9-11,13,16H,2-3,6-8,12H2,1H3/t16-/m1/s1. The Bertz CT molecular complexity index is 1520. The maximum atomic E-state index is 14.9. The van der Waals surface area contributed by atoms with Crippen molar-refractivity contribution in [3.8, 4) is 17.1 Å². The quantitative estimate of drug-likeness (QED) is 0.446. The van der Waals surface area contributed by atoms with Crippen LogP contribution in [-0.4, -0.2) is 43.7 Å². The van der Waals surface area contributed by atoms with E-state index in [0.717, 1.165) is 24.5 Å². The normalized spacial score (nSPS) is 17.2. The first-order chi connectivity index (χ1) is 17.0. The Balaban J connectivity index is 1.44. The summed E-state index contributed by atoms with van der Waals surface area (Å²) in [6.07, 6.45) is 5.24. The molecule has 10 heteroatoms. The average molecular weight is 476 g/mol. The molecule has 0 bridgehead atoms. The van der Waals surface area contributed by atoms with E-state index in [2.05, 4.69) is 15.0 Å². The van der Waals surface area contributed by atoms with Gasteiger partial charge in [0.25, 0.3) is 5.56 Å². The molecule has 1 aromatic carbocycles. The summed E-state index contributed by atoms with van der Waals surface area (Å²) >= 11 is 0. The molecule has 35 heavy (non-hydrogen) atoms. The van der Waals surface area contributed by atoms with Gasteiger partial charge in [0.05, 0.1) is 11.9 Å². The van der Waals surface area contributed by atoms with Crippen molar-refractivity contribution in [1.82, 2.24) is 24.5 Å². The van der Waals surface area contributed by atoms with E-state index in [1.165, 1.54) is 18.5 Å². The molecule has 178 valence electrons. The Morgan fingerprint density at radius 3 is 2.86 bits per heavy atom. The van der Waals surface area contributed by atoms with Gasteiger partial charge in [0.1, 0.15) is 46.9 Å². The first-order valence-corrected chi connectivity index (χ1v) is 11.6. The molecule has 0 unspecified atom stereocenters. The summed E-state index contributed by atoms with van der Waals surface area (Å²) in [5.74, 6) is 0.292. The topological polar surface area (TPSA) is 86.0 Å². The molecule has 0 saturated carbocycles. The molecule has 3 aromatic heterocycles. The minimum Gasteiger partial charge on any atom is -0.472 e. The zero-order valence-corrected chi connectivity index (χ0v) is 19.0. The van der Waals surface area contributed by atoms with E-state index in [0.29, 0.717) is 54.5 Å². The van der Waals surface area contributed by atoms with E-state index in [9.17, 15) is 13.6 Å². The van der Waals surface area contributed by atoms with Gasteiger partial charge in [-0.1, -0.05) is 0 Å². The fourth-order valence-electron chi connectivity index (χ4n) is 4.80. The SMILES string of the molecule is Cc1cncnc1O[C@@H]1CCN(c2cc3c(=O)n4c(nc3c(-c3ccc(F)cc3F)n2)CCC4)C1. The fourth-order valence-corrected chi connectivity index (χ4v) is 4.80. The highest BCUT2D eigenvalue weighted by atomic mass is 19.1. The Morgan fingerprint density at radius 1 is 1.14 bits per heavy atom. The van der Waals surface area contributed by atoms with Crippen molar-refractivity contribution in [2.45, 2.75) is 38.8 Å². The molecule has 4 aromatic rings. The van der Waals surface area contributed by atoms with Crippen LogP contribution in [0.2, 0.25) is 0 Å². The van der Waals surface area contributed by atoms with Crippen LogP contribution >= 0.6 is 0 Å². The Kier molecular flexibility index (Phi) is 5.16. The highest BCUT2D eigenvalue weighted by Crippen LogP contribution is 2.32. The van der Waals surface area contributed by atoms with Gasteiger partial charge in [-0.3, -0.25) is 9.36 Å². The van der Waals surface area contributed by atoms with Crippen molar-refractivity contribution >= 4 is 16.7 Å². The molecule has 1 atom stereocenters. The monoisotopic (exact) mass is 476 g/mol. The number of ether oxygens (including phenoxy) is 1. The zero-order chi connectivity index (χ0) is 24.1. The summed E-state index contributed by atoms with van der Waals surface area (Å²) in [5, 5.41) is 0.371. The third-order valence-electron chi connectivity index (χ3n) is 6.57. The summed E-state index contributed by atoms with van der Waals surface area (Å²) < 4.78 is 36.2. The first kappa shape index (κ1) is 21.6. The van der Waals surface area contributed by atoms with Crippen LogP contribution in [0.25, 0.3) is 22.2 Å². The van der Waals surface area contributed by atoms with E-state index < -0.39 is 11.6 Å². The van der Waals surface area contributed by atoms with Gasteiger partial charge in [0.2, 0.25) is 5.88 Å². The maximum Gasteiger partial charge on any atom is 0.261 e. The van der Waals surface area contributed by atoms with Crippen molar-refractivity contribution < 1.29 is 13.5 Å². The molecule has 6 rings (SSSR count). The van der Waals surface area contributed by atoms with Crippen LogP contribution in [0, 0.1) is 18.6 Å². The third kappa shape index (κ3) is 3.78. The first-order valence-electron chi connectivity index (χ1n) is 11.6. The van der Waals surface area contributed by atoms with Crippen molar-refractivity contribution in [1.29, 1.82) is 0 Å². The van der Waals surface area contributed by atoms with E-state index in [1.54, 1.807) is 16.8 Å². The summed E-state index contributed by atoms with van der Waals surface area (Å²) in [6.45, 7) is 3.65. The summed E-state index contributed by atoms with van der Waals surface area (Å²) in [5.41, 5.74) is 1.35. The number of hydrogen-bond donors (Lipinski definition) is 0. The number of aryl methyl sites for hydroxylation is 2. The number of aromatic nitrogens is 5. The van der Waals surface area contributed by atoms with Crippen LogP contribution in [0.4, 0.5) is 14.6 Å². The second-order valence-electron chi connectivity index (χ2n) is 8.92. The molecule has 5 heterocycles. The lowest BCUT2D eigenvalue weighted by atomic mass is 10.1. The van der Waals surface area contributed by atoms with Gasteiger partial charge >= 0.3 is 0 Å². The van der Waals surface area contributed by atoms with Crippen molar-refractivity contribution in [2.24, 2.45) is 0 Å². The molecular weight excluding hydrogens is 454 g/mol. The van der Waals surface area contributed by atoms with Crippen LogP contribution in [-0.2, 0) is 13.0 Å². The third-order valence-corrected chi connectivity index (χ3v) is 6.57. The molecule has 2 aliphatic rings. The minimum absolute atomic E-state index is 0.108. The van der Waals surface area contributed by atoms with Crippen LogP contribution in [0.5, 0.6) is 5.88 Å². The lowest BCUT2D eigenvalue weighted by Crippen LogP contribution is -2.27. The van der Waals surface area contributed by atoms with E-state index in [4.69, 9.17) is 9.72 Å². The number of halogens is 2. The van der Waals surface area contributed by atoms with Gasteiger partial charge in [-0.15, -0.1) is 0 Å². The molecule has 2 aliphatic heterocycles. The van der Waals surface area contributed by atoms with Crippen molar-refractivity contribution in [3.05, 3.63) is 70.2 Å². The Labute approximate surface area is 199 Å².